The largest absolute Gasteiger partial charge is 0.383 e. The molecule has 0 bridgehead atoms. The fourth-order valence-corrected chi connectivity index (χ4v) is 3.99. The lowest BCUT2D eigenvalue weighted by molar-refractivity contribution is 0.185. The molecule has 1 aromatic heterocycles. The maximum atomic E-state index is 12.1. The molecule has 1 aromatic rings. The first-order chi connectivity index (χ1) is 7.54. The van der Waals surface area contributed by atoms with Crippen molar-refractivity contribution in [2.75, 3.05) is 27.3 Å². The van der Waals surface area contributed by atoms with Gasteiger partial charge in [-0.15, -0.1) is 22.9 Å². The van der Waals surface area contributed by atoms with E-state index in [-0.39, 0.29) is 5.88 Å². The number of halogens is 1. The van der Waals surface area contributed by atoms with Crippen LogP contribution in [0.1, 0.15) is 4.88 Å². The average Bonchev–Trinajstić information content (AvgIpc) is 2.74. The second-order valence-corrected chi connectivity index (χ2v) is 6.44. The van der Waals surface area contributed by atoms with Crippen molar-refractivity contribution in [2.24, 2.45) is 0 Å². The first-order valence-electron chi connectivity index (χ1n) is 4.61. The maximum Gasteiger partial charge on any atom is 0.244 e. The average molecular weight is 284 g/mol. The molecule has 0 radical (unpaired) electrons. The summed E-state index contributed by atoms with van der Waals surface area (Å²) in [6.07, 6.45) is 0. The van der Waals surface area contributed by atoms with E-state index in [0.29, 0.717) is 22.9 Å². The number of methoxy groups -OCH3 is 1. The van der Waals surface area contributed by atoms with E-state index in [1.54, 1.807) is 11.4 Å². The summed E-state index contributed by atoms with van der Waals surface area (Å²) in [7, 11) is -0.363. The van der Waals surface area contributed by atoms with Gasteiger partial charge < -0.3 is 4.74 Å². The summed E-state index contributed by atoms with van der Waals surface area (Å²) < 4.78 is 30.3. The van der Waals surface area contributed by atoms with Crippen LogP contribution >= 0.6 is 22.9 Å². The van der Waals surface area contributed by atoms with Gasteiger partial charge in [-0.2, -0.15) is 4.31 Å². The van der Waals surface area contributed by atoms with Crippen molar-refractivity contribution < 1.29 is 13.2 Å². The van der Waals surface area contributed by atoms with E-state index in [9.17, 15) is 8.42 Å². The Labute approximate surface area is 105 Å². The lowest BCUT2D eigenvalue weighted by Gasteiger charge is -2.16. The first kappa shape index (κ1) is 13.9. The molecule has 16 heavy (non-hydrogen) atoms. The fourth-order valence-electron chi connectivity index (χ4n) is 1.16. The van der Waals surface area contributed by atoms with Crippen LogP contribution in [-0.4, -0.2) is 40.0 Å². The molecule has 0 aromatic carbocycles. The molecule has 0 unspecified atom stereocenters. The molecule has 0 aliphatic heterocycles. The minimum absolute atomic E-state index is 0.213. The zero-order valence-electron chi connectivity index (χ0n) is 9.14. The number of hydrogen-bond donors (Lipinski definition) is 0. The van der Waals surface area contributed by atoms with Crippen LogP contribution in [0.3, 0.4) is 0 Å². The van der Waals surface area contributed by atoms with Gasteiger partial charge in [-0.3, -0.25) is 0 Å². The minimum atomic E-state index is -3.43. The van der Waals surface area contributed by atoms with E-state index in [1.807, 2.05) is 0 Å². The highest BCUT2D eigenvalue weighted by molar-refractivity contribution is 7.89. The van der Waals surface area contributed by atoms with Gasteiger partial charge in [-0.25, -0.2) is 8.42 Å². The van der Waals surface area contributed by atoms with Crippen LogP contribution in [0, 0.1) is 0 Å². The second kappa shape index (κ2) is 5.97. The molecular weight excluding hydrogens is 270 g/mol. The molecule has 0 atom stereocenters. The predicted molar refractivity (Wildman–Crippen MR) is 65.6 cm³/mol. The van der Waals surface area contributed by atoms with Crippen LogP contribution in [0.15, 0.2) is 16.3 Å². The zero-order chi connectivity index (χ0) is 12.2. The van der Waals surface area contributed by atoms with E-state index >= 15 is 0 Å². The Morgan fingerprint density at radius 1 is 1.56 bits per heavy atom. The van der Waals surface area contributed by atoms with Crippen molar-refractivity contribution in [2.45, 2.75) is 10.8 Å². The van der Waals surface area contributed by atoms with Crippen LogP contribution in [0.25, 0.3) is 0 Å². The number of likely N-dealkylation sites (N-methyl/N-ethyl adjacent to an activating group) is 1. The number of hydrogen-bond acceptors (Lipinski definition) is 4. The third-order valence-electron chi connectivity index (χ3n) is 2.12. The Balaban J connectivity index is 2.93. The summed E-state index contributed by atoms with van der Waals surface area (Å²) in [5.41, 5.74) is 0. The number of ether oxygens (including phenoxy) is 1. The monoisotopic (exact) mass is 283 g/mol. The molecule has 0 aliphatic rings. The molecule has 0 saturated heterocycles. The molecule has 0 N–H and O–H groups in total. The molecule has 0 fully saturated rings. The van der Waals surface area contributed by atoms with Gasteiger partial charge in [0.15, 0.2) is 0 Å². The minimum Gasteiger partial charge on any atom is -0.383 e. The highest BCUT2D eigenvalue weighted by Gasteiger charge is 2.24. The Morgan fingerprint density at radius 3 is 2.81 bits per heavy atom. The second-order valence-electron chi connectivity index (χ2n) is 3.16. The normalized spacial score (nSPS) is 12.2. The van der Waals surface area contributed by atoms with Crippen LogP contribution in [0.4, 0.5) is 0 Å². The molecule has 0 aliphatic carbocycles. The topological polar surface area (TPSA) is 46.6 Å². The highest BCUT2D eigenvalue weighted by atomic mass is 35.5. The Bertz CT molecular complexity index is 430. The van der Waals surface area contributed by atoms with Crippen LogP contribution in [0.5, 0.6) is 0 Å². The molecule has 1 rings (SSSR count). The van der Waals surface area contributed by atoms with Gasteiger partial charge in [0.05, 0.1) is 17.4 Å². The number of rotatable bonds is 6. The van der Waals surface area contributed by atoms with Crippen LogP contribution in [0.2, 0.25) is 0 Å². The molecule has 92 valence electrons. The number of sulfonamides is 1. The van der Waals surface area contributed by atoms with Crippen molar-refractivity contribution in [1.29, 1.82) is 0 Å². The summed E-state index contributed by atoms with van der Waals surface area (Å²) >= 11 is 7.04. The van der Waals surface area contributed by atoms with E-state index in [1.165, 1.54) is 29.8 Å². The summed E-state index contributed by atoms with van der Waals surface area (Å²) in [6, 6.07) is 1.58. The van der Waals surface area contributed by atoms with Gasteiger partial charge in [0.2, 0.25) is 10.0 Å². The Morgan fingerprint density at radius 2 is 2.25 bits per heavy atom. The van der Waals surface area contributed by atoms with E-state index < -0.39 is 10.0 Å². The number of thiophene rings is 1. The fraction of sp³-hybridized carbons (Fsp3) is 0.556. The Kier molecular flexibility index (Phi) is 5.20. The van der Waals surface area contributed by atoms with Gasteiger partial charge in [-0.1, -0.05) is 0 Å². The summed E-state index contributed by atoms with van der Waals surface area (Å²) in [6.45, 7) is 0.701. The van der Waals surface area contributed by atoms with Gasteiger partial charge in [0.1, 0.15) is 0 Å². The molecule has 0 saturated carbocycles. The van der Waals surface area contributed by atoms with Crippen molar-refractivity contribution in [1.82, 2.24) is 4.31 Å². The van der Waals surface area contributed by atoms with Gasteiger partial charge in [0.25, 0.3) is 0 Å². The van der Waals surface area contributed by atoms with E-state index in [4.69, 9.17) is 16.3 Å². The molecular formula is C9H14ClNO3S2. The van der Waals surface area contributed by atoms with Crippen molar-refractivity contribution in [3.05, 3.63) is 16.3 Å². The molecule has 1 heterocycles. The molecule has 7 heteroatoms. The van der Waals surface area contributed by atoms with Crippen LogP contribution < -0.4 is 0 Å². The zero-order valence-corrected chi connectivity index (χ0v) is 11.5. The van der Waals surface area contributed by atoms with Crippen LogP contribution in [-0.2, 0) is 20.6 Å². The lowest BCUT2D eigenvalue weighted by Crippen LogP contribution is -2.30. The quantitative estimate of drug-likeness (QED) is 0.748. The smallest absolute Gasteiger partial charge is 0.244 e. The maximum absolute atomic E-state index is 12.1. The summed E-state index contributed by atoms with van der Waals surface area (Å²) in [4.78, 5) is 0.969. The van der Waals surface area contributed by atoms with Gasteiger partial charge in [0, 0.05) is 25.6 Å². The van der Waals surface area contributed by atoms with E-state index in [2.05, 4.69) is 0 Å². The van der Waals surface area contributed by atoms with E-state index in [0.717, 1.165) is 0 Å². The predicted octanol–water partition coefficient (Wildman–Crippen LogP) is 1.75. The number of nitrogens with zero attached hydrogens (tertiary/aromatic N) is 1. The Hall–Kier alpha value is -0.140. The first-order valence-corrected chi connectivity index (χ1v) is 7.47. The molecule has 0 spiro atoms. The van der Waals surface area contributed by atoms with Crippen molar-refractivity contribution >= 4 is 33.0 Å². The lowest BCUT2D eigenvalue weighted by atomic mass is 10.5. The van der Waals surface area contributed by atoms with Gasteiger partial charge in [-0.05, 0) is 11.4 Å². The van der Waals surface area contributed by atoms with Crippen molar-refractivity contribution in [3.8, 4) is 0 Å². The third-order valence-corrected chi connectivity index (χ3v) is 5.54. The van der Waals surface area contributed by atoms with Crippen molar-refractivity contribution in [3.63, 3.8) is 0 Å². The molecule has 0 amide bonds. The molecule has 4 nitrogen and oxygen atoms in total. The standard InChI is InChI=1S/C9H14ClNO3S2/c1-11(4-5-14-2)16(12,13)9-3-6-15-8(9)7-10/h3,6H,4-5,7H2,1-2H3. The number of alkyl halides is 1. The highest BCUT2D eigenvalue weighted by Crippen LogP contribution is 2.25. The SMILES string of the molecule is COCCN(C)S(=O)(=O)c1ccsc1CCl. The summed E-state index contributed by atoms with van der Waals surface area (Å²) in [5, 5.41) is 1.73. The van der Waals surface area contributed by atoms with Gasteiger partial charge >= 0.3 is 0 Å². The summed E-state index contributed by atoms with van der Waals surface area (Å²) in [5.74, 6) is 0.213. The third kappa shape index (κ3) is 2.95.